The van der Waals surface area contributed by atoms with Gasteiger partial charge < -0.3 is 0 Å². The third kappa shape index (κ3) is 4.73. The first-order valence-electron chi connectivity index (χ1n) is 8.36. The summed E-state index contributed by atoms with van der Waals surface area (Å²) in [5.41, 5.74) is 6.55. The Morgan fingerprint density at radius 2 is 1.84 bits per heavy atom. The monoisotopic (exact) mass is 335 g/mol. The number of amides is 1. The van der Waals surface area contributed by atoms with Crippen molar-refractivity contribution in [1.82, 2.24) is 20.4 Å². The summed E-state index contributed by atoms with van der Waals surface area (Å²) in [5, 5.41) is 12.3. The van der Waals surface area contributed by atoms with E-state index in [-0.39, 0.29) is 5.91 Å². The van der Waals surface area contributed by atoms with Crippen molar-refractivity contribution in [1.29, 1.82) is 0 Å². The van der Waals surface area contributed by atoms with E-state index in [4.69, 9.17) is 0 Å². The minimum Gasteiger partial charge on any atom is -0.273 e. The SMILES string of the molecule is CC(CCc1ccccc1)=NNC(=O)CCn1nnc2ccccc21. The summed E-state index contributed by atoms with van der Waals surface area (Å²) in [4.78, 5) is 12.0. The van der Waals surface area contributed by atoms with E-state index in [1.165, 1.54) is 5.56 Å². The lowest BCUT2D eigenvalue weighted by Crippen LogP contribution is -2.21. The molecule has 0 atom stereocenters. The molecule has 0 saturated heterocycles. The van der Waals surface area contributed by atoms with Crippen LogP contribution in [-0.2, 0) is 17.8 Å². The van der Waals surface area contributed by atoms with Gasteiger partial charge in [0.05, 0.1) is 12.1 Å². The zero-order valence-electron chi connectivity index (χ0n) is 14.2. The number of nitrogens with zero attached hydrogens (tertiary/aromatic N) is 4. The van der Waals surface area contributed by atoms with Gasteiger partial charge >= 0.3 is 0 Å². The van der Waals surface area contributed by atoms with Crippen LogP contribution in [-0.4, -0.2) is 26.6 Å². The lowest BCUT2D eigenvalue weighted by atomic mass is 10.1. The van der Waals surface area contributed by atoms with Gasteiger partial charge in [-0.25, -0.2) is 10.1 Å². The van der Waals surface area contributed by atoms with Crippen molar-refractivity contribution >= 4 is 22.7 Å². The quantitative estimate of drug-likeness (QED) is 0.533. The van der Waals surface area contributed by atoms with E-state index in [2.05, 4.69) is 33.0 Å². The van der Waals surface area contributed by atoms with Crippen LogP contribution in [0.5, 0.6) is 0 Å². The molecule has 3 rings (SSSR count). The van der Waals surface area contributed by atoms with Crippen LogP contribution in [0.25, 0.3) is 11.0 Å². The first kappa shape index (κ1) is 16.8. The number of aromatic nitrogens is 3. The van der Waals surface area contributed by atoms with Crippen molar-refractivity contribution < 1.29 is 4.79 Å². The lowest BCUT2D eigenvalue weighted by molar-refractivity contribution is -0.121. The number of carbonyl (C=O) groups excluding carboxylic acids is 1. The summed E-state index contributed by atoms with van der Waals surface area (Å²) in [5.74, 6) is -0.126. The Labute approximate surface area is 146 Å². The first-order chi connectivity index (χ1) is 12.2. The second kappa shape index (κ2) is 8.19. The summed E-state index contributed by atoms with van der Waals surface area (Å²) in [6, 6.07) is 17.9. The van der Waals surface area contributed by atoms with Crippen LogP contribution in [0.4, 0.5) is 0 Å². The Morgan fingerprint density at radius 1 is 1.08 bits per heavy atom. The number of rotatable bonds is 7. The average molecular weight is 335 g/mol. The number of hydrogen-bond acceptors (Lipinski definition) is 4. The molecule has 2 aromatic carbocycles. The molecule has 0 aliphatic carbocycles. The zero-order chi connectivity index (χ0) is 17.5. The fourth-order valence-corrected chi connectivity index (χ4v) is 2.53. The molecule has 6 heteroatoms. The second-order valence-corrected chi connectivity index (χ2v) is 5.92. The van der Waals surface area contributed by atoms with Crippen molar-refractivity contribution in [2.45, 2.75) is 32.7 Å². The topological polar surface area (TPSA) is 72.2 Å². The first-order valence-corrected chi connectivity index (χ1v) is 8.36. The van der Waals surface area contributed by atoms with E-state index < -0.39 is 0 Å². The maximum Gasteiger partial charge on any atom is 0.241 e. The highest BCUT2D eigenvalue weighted by atomic mass is 16.2. The molecule has 1 N–H and O–H groups in total. The molecule has 1 heterocycles. The van der Waals surface area contributed by atoms with Crippen LogP contribution >= 0.6 is 0 Å². The number of carbonyl (C=O) groups is 1. The van der Waals surface area contributed by atoms with Gasteiger partial charge in [0.25, 0.3) is 0 Å². The molecule has 1 aromatic heterocycles. The van der Waals surface area contributed by atoms with Gasteiger partial charge in [0.15, 0.2) is 0 Å². The van der Waals surface area contributed by atoms with Crippen molar-refractivity contribution in [3.05, 3.63) is 60.2 Å². The van der Waals surface area contributed by atoms with Gasteiger partial charge in [0.2, 0.25) is 5.91 Å². The van der Waals surface area contributed by atoms with E-state index in [1.807, 2.05) is 49.4 Å². The van der Waals surface area contributed by atoms with Crippen LogP contribution < -0.4 is 5.43 Å². The number of hydrazone groups is 1. The molecule has 0 saturated carbocycles. The normalized spacial score (nSPS) is 11.6. The van der Waals surface area contributed by atoms with Crippen LogP contribution in [0.2, 0.25) is 0 Å². The molecule has 0 aliphatic heterocycles. The molecule has 25 heavy (non-hydrogen) atoms. The van der Waals surface area contributed by atoms with Gasteiger partial charge in [0.1, 0.15) is 5.52 Å². The molecule has 0 unspecified atom stereocenters. The summed E-state index contributed by atoms with van der Waals surface area (Å²) < 4.78 is 1.74. The van der Waals surface area contributed by atoms with Gasteiger partial charge in [-0.3, -0.25) is 4.79 Å². The Kier molecular flexibility index (Phi) is 5.51. The molecule has 0 bridgehead atoms. The fraction of sp³-hybridized carbons (Fsp3) is 0.263. The van der Waals surface area contributed by atoms with Crippen molar-refractivity contribution in [3.63, 3.8) is 0 Å². The predicted octanol–water partition coefficient (Wildman–Crippen LogP) is 2.95. The Hall–Kier alpha value is -3.02. The Bertz CT molecular complexity index is 870. The highest BCUT2D eigenvalue weighted by molar-refractivity contribution is 5.84. The lowest BCUT2D eigenvalue weighted by Gasteiger charge is -2.04. The number of fused-ring (bicyclic) bond motifs is 1. The van der Waals surface area contributed by atoms with Gasteiger partial charge in [0, 0.05) is 12.1 Å². The summed E-state index contributed by atoms with van der Waals surface area (Å²) in [6.07, 6.45) is 2.04. The molecular weight excluding hydrogens is 314 g/mol. The van der Waals surface area contributed by atoms with Gasteiger partial charge in [-0.15, -0.1) is 5.10 Å². The summed E-state index contributed by atoms with van der Waals surface area (Å²) in [7, 11) is 0. The van der Waals surface area contributed by atoms with Gasteiger partial charge in [-0.05, 0) is 37.5 Å². The van der Waals surface area contributed by atoms with Crippen LogP contribution in [0.3, 0.4) is 0 Å². The Morgan fingerprint density at radius 3 is 2.68 bits per heavy atom. The van der Waals surface area contributed by atoms with Gasteiger partial charge in [-0.1, -0.05) is 47.7 Å². The molecule has 0 aliphatic rings. The molecule has 6 nitrogen and oxygen atoms in total. The standard InChI is InChI=1S/C19H21N5O/c1-15(11-12-16-7-3-2-4-8-16)20-22-19(25)13-14-24-18-10-6-5-9-17(18)21-23-24/h2-10H,11-14H2,1H3,(H,22,25). The number of nitrogens with one attached hydrogen (secondary N) is 1. The highest BCUT2D eigenvalue weighted by Crippen LogP contribution is 2.10. The molecule has 3 aromatic rings. The molecule has 0 fully saturated rings. The van der Waals surface area contributed by atoms with E-state index in [9.17, 15) is 4.79 Å². The van der Waals surface area contributed by atoms with E-state index >= 15 is 0 Å². The van der Waals surface area contributed by atoms with Crippen LogP contribution in [0.15, 0.2) is 59.7 Å². The van der Waals surface area contributed by atoms with E-state index in [0.29, 0.717) is 13.0 Å². The third-order valence-corrected chi connectivity index (χ3v) is 3.96. The largest absolute Gasteiger partial charge is 0.273 e. The van der Waals surface area contributed by atoms with Crippen LogP contribution in [0.1, 0.15) is 25.3 Å². The number of aryl methyl sites for hydroxylation is 2. The minimum atomic E-state index is -0.126. The summed E-state index contributed by atoms with van der Waals surface area (Å²) >= 11 is 0. The Balaban J connectivity index is 1.45. The van der Waals surface area contributed by atoms with Gasteiger partial charge in [-0.2, -0.15) is 5.10 Å². The maximum absolute atomic E-state index is 12.0. The fourth-order valence-electron chi connectivity index (χ4n) is 2.53. The maximum atomic E-state index is 12.0. The molecule has 1 amide bonds. The average Bonchev–Trinajstić information content (AvgIpc) is 3.07. The smallest absolute Gasteiger partial charge is 0.241 e. The highest BCUT2D eigenvalue weighted by Gasteiger charge is 2.06. The number of hydrogen-bond donors (Lipinski definition) is 1. The van der Waals surface area contributed by atoms with E-state index in [0.717, 1.165) is 29.6 Å². The minimum absolute atomic E-state index is 0.126. The molecule has 128 valence electrons. The van der Waals surface area contributed by atoms with E-state index in [1.54, 1.807) is 4.68 Å². The van der Waals surface area contributed by atoms with Crippen molar-refractivity contribution in [3.8, 4) is 0 Å². The number of benzene rings is 2. The summed E-state index contributed by atoms with van der Waals surface area (Å²) in [6.45, 7) is 2.40. The predicted molar refractivity (Wildman–Crippen MR) is 98.2 cm³/mol. The number of para-hydroxylation sites is 1. The third-order valence-electron chi connectivity index (χ3n) is 3.96. The van der Waals surface area contributed by atoms with Crippen molar-refractivity contribution in [2.24, 2.45) is 5.10 Å². The molecule has 0 spiro atoms. The molecule has 0 radical (unpaired) electrons. The van der Waals surface area contributed by atoms with Crippen molar-refractivity contribution in [2.75, 3.05) is 0 Å². The second-order valence-electron chi connectivity index (χ2n) is 5.92. The molecular formula is C19H21N5O. The van der Waals surface area contributed by atoms with Crippen LogP contribution in [0, 0.1) is 0 Å². The zero-order valence-corrected chi connectivity index (χ0v) is 14.2.